The quantitative estimate of drug-likeness (QED) is 0.604. The van der Waals surface area contributed by atoms with Gasteiger partial charge >= 0.3 is 0 Å². The van der Waals surface area contributed by atoms with Crippen molar-refractivity contribution in [1.82, 2.24) is 0 Å². The van der Waals surface area contributed by atoms with Gasteiger partial charge in [0, 0.05) is 23.6 Å². The molecule has 0 saturated carbocycles. The minimum Gasteiger partial charge on any atom is -0.493 e. The number of hydrogen-bond donors (Lipinski definition) is 0. The summed E-state index contributed by atoms with van der Waals surface area (Å²) < 4.78 is 31.1. The van der Waals surface area contributed by atoms with Gasteiger partial charge in [0.2, 0.25) is 0 Å². The fraction of sp³-hybridized carbons (Fsp3) is 0.125. The molecule has 21 heavy (non-hydrogen) atoms. The topological polar surface area (TPSA) is 43.4 Å². The van der Waals surface area contributed by atoms with Gasteiger partial charge in [-0.15, -0.1) is 0 Å². The van der Waals surface area contributed by atoms with E-state index < -0.39 is 11.6 Å². The summed E-state index contributed by atoms with van der Waals surface area (Å²) in [7, 11) is 0. The number of ether oxygens (including phenoxy) is 1. The van der Waals surface area contributed by atoms with Crippen LogP contribution in [0.15, 0.2) is 42.5 Å². The molecule has 2 aromatic carbocycles. The summed E-state index contributed by atoms with van der Waals surface area (Å²) in [5.74, 6) is -1.02. The molecule has 0 saturated heterocycles. The molecule has 2 aromatic rings. The summed E-state index contributed by atoms with van der Waals surface area (Å²) in [5.41, 5.74) is 0.544. The van der Waals surface area contributed by atoms with Crippen molar-refractivity contribution in [3.05, 3.63) is 65.2 Å². The van der Waals surface area contributed by atoms with Crippen molar-refractivity contribution in [2.24, 2.45) is 0 Å². The molecule has 0 N–H and O–H groups in total. The van der Waals surface area contributed by atoms with E-state index in [1.165, 1.54) is 30.3 Å². The van der Waals surface area contributed by atoms with Crippen LogP contribution in [-0.2, 0) is 0 Å². The summed E-state index contributed by atoms with van der Waals surface area (Å²) in [5, 5.41) is 0. The van der Waals surface area contributed by atoms with Gasteiger partial charge in [0.1, 0.15) is 23.7 Å². The van der Waals surface area contributed by atoms with Crippen LogP contribution in [0, 0.1) is 11.6 Å². The van der Waals surface area contributed by atoms with Gasteiger partial charge in [-0.05, 0) is 36.4 Å². The zero-order valence-electron chi connectivity index (χ0n) is 11.0. The first-order chi connectivity index (χ1) is 10.1. The highest BCUT2D eigenvalue weighted by molar-refractivity contribution is 5.96. The lowest BCUT2D eigenvalue weighted by molar-refractivity contribution is 0.0961. The monoisotopic (exact) mass is 290 g/mol. The summed E-state index contributed by atoms with van der Waals surface area (Å²) in [6.07, 6.45) is 0.582. The molecule has 0 bridgehead atoms. The van der Waals surface area contributed by atoms with Crippen LogP contribution < -0.4 is 4.74 Å². The van der Waals surface area contributed by atoms with E-state index in [0.29, 0.717) is 11.8 Å². The van der Waals surface area contributed by atoms with Crippen molar-refractivity contribution in [3.63, 3.8) is 0 Å². The van der Waals surface area contributed by atoms with Crippen molar-refractivity contribution < 1.29 is 23.1 Å². The molecule has 2 rings (SSSR count). The summed E-state index contributed by atoms with van der Waals surface area (Å²) >= 11 is 0. The molecular formula is C16H12F2O3. The van der Waals surface area contributed by atoms with E-state index >= 15 is 0 Å². The average Bonchev–Trinajstić information content (AvgIpc) is 2.47. The van der Waals surface area contributed by atoms with Gasteiger partial charge in [-0.25, -0.2) is 8.78 Å². The summed E-state index contributed by atoms with van der Waals surface area (Å²) in [6.45, 7) is 0.0396. The molecule has 0 aromatic heterocycles. The zero-order chi connectivity index (χ0) is 15.2. The summed E-state index contributed by atoms with van der Waals surface area (Å²) in [6, 6.07) is 8.81. The third kappa shape index (κ3) is 4.21. The Morgan fingerprint density at radius 2 is 1.76 bits per heavy atom. The third-order valence-electron chi connectivity index (χ3n) is 2.79. The third-order valence-corrected chi connectivity index (χ3v) is 2.79. The highest BCUT2D eigenvalue weighted by Gasteiger charge is 2.07. The van der Waals surface area contributed by atoms with Crippen molar-refractivity contribution in [3.8, 4) is 5.75 Å². The molecule has 0 aliphatic heterocycles. The molecule has 0 unspecified atom stereocenters. The Labute approximate surface area is 120 Å². The molecule has 0 spiro atoms. The van der Waals surface area contributed by atoms with Crippen molar-refractivity contribution >= 4 is 12.1 Å². The lowest BCUT2D eigenvalue weighted by atomic mass is 10.1. The highest BCUT2D eigenvalue weighted by Crippen LogP contribution is 2.16. The van der Waals surface area contributed by atoms with Crippen molar-refractivity contribution in [2.45, 2.75) is 6.42 Å². The number of carbonyl (C=O) groups is 2. The number of aldehydes is 1. The van der Waals surface area contributed by atoms with Crippen LogP contribution in [0.2, 0.25) is 0 Å². The molecule has 0 aliphatic rings. The number of rotatable bonds is 6. The minimum absolute atomic E-state index is 0.0396. The Morgan fingerprint density at radius 1 is 1.05 bits per heavy atom. The van der Waals surface area contributed by atoms with Gasteiger partial charge < -0.3 is 4.74 Å². The van der Waals surface area contributed by atoms with Gasteiger partial charge in [-0.2, -0.15) is 0 Å². The number of hydrogen-bond acceptors (Lipinski definition) is 3. The van der Waals surface area contributed by atoms with Crippen LogP contribution in [0.4, 0.5) is 8.78 Å². The number of benzene rings is 2. The van der Waals surface area contributed by atoms with E-state index in [1.807, 2.05) is 0 Å². The fourth-order valence-corrected chi connectivity index (χ4v) is 1.78. The predicted octanol–water partition coefficient (Wildman–Crippen LogP) is 3.43. The number of carbonyl (C=O) groups excluding carboxylic acids is 2. The number of Topliss-reactive ketones (excluding diaryl/α,β-unsaturated/α-hetero) is 1. The first-order valence-corrected chi connectivity index (χ1v) is 6.26. The van der Waals surface area contributed by atoms with Crippen LogP contribution >= 0.6 is 0 Å². The lowest BCUT2D eigenvalue weighted by Gasteiger charge is -2.06. The van der Waals surface area contributed by atoms with Crippen molar-refractivity contribution in [2.75, 3.05) is 6.61 Å². The standard InChI is InChI=1S/C16H12F2O3/c17-13-3-1-12(2-4-13)16(20)5-6-21-15-8-11(10-19)7-14(18)9-15/h1-4,7-10H,5-6H2. The largest absolute Gasteiger partial charge is 0.493 e. The first-order valence-electron chi connectivity index (χ1n) is 6.26. The molecule has 5 heteroatoms. The van der Waals surface area contributed by atoms with Crippen LogP contribution in [0.5, 0.6) is 5.75 Å². The van der Waals surface area contributed by atoms with Gasteiger partial charge in [-0.3, -0.25) is 9.59 Å². The molecule has 108 valence electrons. The maximum Gasteiger partial charge on any atom is 0.166 e. The van der Waals surface area contributed by atoms with Gasteiger partial charge in [0.15, 0.2) is 5.78 Å². The SMILES string of the molecule is O=Cc1cc(F)cc(OCCC(=O)c2ccc(F)cc2)c1. The van der Waals surface area contributed by atoms with E-state index in [4.69, 9.17) is 4.74 Å². The normalized spacial score (nSPS) is 10.2. The second-order valence-corrected chi connectivity index (χ2v) is 4.37. The van der Waals surface area contributed by atoms with E-state index in [1.54, 1.807) is 0 Å². The number of ketones is 1. The molecule has 0 aliphatic carbocycles. The molecule has 0 fully saturated rings. The van der Waals surface area contributed by atoms with E-state index in [-0.39, 0.29) is 30.1 Å². The number of halogens is 2. The van der Waals surface area contributed by atoms with Crippen LogP contribution in [0.3, 0.4) is 0 Å². The van der Waals surface area contributed by atoms with Crippen LogP contribution in [0.25, 0.3) is 0 Å². The van der Waals surface area contributed by atoms with Crippen LogP contribution in [0.1, 0.15) is 27.1 Å². The maximum absolute atomic E-state index is 13.2. The highest BCUT2D eigenvalue weighted by atomic mass is 19.1. The minimum atomic E-state index is -0.584. The molecule has 0 atom stereocenters. The van der Waals surface area contributed by atoms with E-state index in [2.05, 4.69) is 0 Å². The predicted molar refractivity (Wildman–Crippen MR) is 72.6 cm³/mol. The van der Waals surface area contributed by atoms with Gasteiger partial charge in [0.05, 0.1) is 6.61 Å². The van der Waals surface area contributed by atoms with Crippen molar-refractivity contribution in [1.29, 1.82) is 0 Å². The Kier molecular flexibility index (Phi) is 4.77. The van der Waals surface area contributed by atoms with E-state index in [9.17, 15) is 18.4 Å². The Morgan fingerprint density at radius 3 is 2.43 bits per heavy atom. The Hall–Kier alpha value is -2.56. The maximum atomic E-state index is 13.2. The summed E-state index contributed by atoms with van der Waals surface area (Å²) in [4.78, 5) is 22.4. The molecule has 0 radical (unpaired) electrons. The van der Waals surface area contributed by atoms with Crippen LogP contribution in [-0.4, -0.2) is 18.7 Å². The lowest BCUT2D eigenvalue weighted by Crippen LogP contribution is -2.07. The van der Waals surface area contributed by atoms with E-state index in [0.717, 1.165) is 12.1 Å². The smallest absolute Gasteiger partial charge is 0.166 e. The molecule has 0 amide bonds. The average molecular weight is 290 g/mol. The molecule has 3 nitrogen and oxygen atoms in total. The molecule has 0 heterocycles. The molecular weight excluding hydrogens is 278 g/mol. The second kappa shape index (κ2) is 6.74. The Bertz CT molecular complexity index is 651. The van der Waals surface area contributed by atoms with Gasteiger partial charge in [-0.1, -0.05) is 0 Å². The van der Waals surface area contributed by atoms with Gasteiger partial charge in [0.25, 0.3) is 0 Å². The Balaban J connectivity index is 1.92. The zero-order valence-corrected chi connectivity index (χ0v) is 11.0. The second-order valence-electron chi connectivity index (χ2n) is 4.37. The fourth-order valence-electron chi connectivity index (χ4n) is 1.78. The first kappa shape index (κ1) is 14.8.